The van der Waals surface area contributed by atoms with Crippen LogP contribution in [0.5, 0.6) is 0 Å². The first-order chi connectivity index (χ1) is 12.2. The predicted molar refractivity (Wildman–Crippen MR) is 103 cm³/mol. The van der Waals surface area contributed by atoms with Gasteiger partial charge < -0.3 is 9.80 Å². The predicted octanol–water partition coefficient (Wildman–Crippen LogP) is 5.42. The molecule has 0 N–H and O–H groups in total. The van der Waals surface area contributed by atoms with Gasteiger partial charge in [0.05, 0.1) is 23.0 Å². The Kier molecular flexibility index (Phi) is 3.66. The van der Waals surface area contributed by atoms with Gasteiger partial charge in [-0.1, -0.05) is 36.4 Å². The minimum Gasteiger partial charge on any atom is -0.321 e. The summed E-state index contributed by atoms with van der Waals surface area (Å²) in [6, 6.07) is 24.9. The van der Waals surface area contributed by atoms with E-state index in [0.717, 1.165) is 12.4 Å². The van der Waals surface area contributed by atoms with Crippen LogP contribution >= 0.6 is 0 Å². The van der Waals surface area contributed by atoms with Crippen LogP contribution in [0.1, 0.15) is 16.7 Å². The first-order valence-electron chi connectivity index (χ1n) is 8.39. The zero-order valence-electron chi connectivity index (χ0n) is 14.4. The topological polar surface area (TPSA) is 30.3 Å². The number of hydrogen-bond donors (Lipinski definition) is 0. The second kappa shape index (κ2) is 5.99. The Morgan fingerprint density at radius 1 is 0.800 bits per heavy atom. The standard InChI is InChI=1S/C22H19N3/c1-16-7-5-8-17(2)22(16)25-15-24(20-11-3-4-12-21(20)25)19-10-6-9-18(13-19)14-23/h3-13H,15H2,1-2H3. The van der Waals surface area contributed by atoms with Gasteiger partial charge in [0.25, 0.3) is 0 Å². The van der Waals surface area contributed by atoms with Crippen LogP contribution in [0.15, 0.2) is 66.7 Å². The molecule has 3 aromatic rings. The molecule has 3 aromatic carbocycles. The van der Waals surface area contributed by atoms with E-state index in [1.807, 2.05) is 18.2 Å². The molecule has 0 atom stereocenters. The van der Waals surface area contributed by atoms with Crippen LogP contribution in [0.25, 0.3) is 0 Å². The van der Waals surface area contributed by atoms with Gasteiger partial charge in [0, 0.05) is 11.4 Å². The van der Waals surface area contributed by atoms with Gasteiger partial charge >= 0.3 is 0 Å². The molecule has 0 saturated heterocycles. The van der Waals surface area contributed by atoms with Crippen LogP contribution in [0.3, 0.4) is 0 Å². The highest BCUT2D eigenvalue weighted by Gasteiger charge is 2.29. The number of anilines is 4. The maximum Gasteiger partial charge on any atom is 0.100 e. The Bertz CT molecular complexity index is 964. The Morgan fingerprint density at radius 2 is 1.44 bits per heavy atom. The summed E-state index contributed by atoms with van der Waals surface area (Å²) in [5.41, 5.74) is 7.88. The van der Waals surface area contributed by atoms with Crippen molar-refractivity contribution in [3.63, 3.8) is 0 Å². The lowest BCUT2D eigenvalue weighted by Crippen LogP contribution is -2.25. The summed E-state index contributed by atoms with van der Waals surface area (Å²) in [5, 5.41) is 9.22. The van der Waals surface area contributed by atoms with Gasteiger partial charge in [-0.15, -0.1) is 0 Å². The van der Waals surface area contributed by atoms with Crippen molar-refractivity contribution in [3.05, 3.63) is 83.4 Å². The van der Waals surface area contributed by atoms with Crippen LogP contribution in [-0.2, 0) is 0 Å². The van der Waals surface area contributed by atoms with Crippen molar-refractivity contribution in [1.29, 1.82) is 5.26 Å². The third kappa shape index (κ3) is 2.53. The molecule has 122 valence electrons. The number of benzene rings is 3. The average molecular weight is 325 g/mol. The van der Waals surface area contributed by atoms with Crippen molar-refractivity contribution in [3.8, 4) is 6.07 Å². The number of hydrogen-bond acceptors (Lipinski definition) is 3. The maximum absolute atomic E-state index is 9.22. The summed E-state index contributed by atoms with van der Waals surface area (Å²) < 4.78 is 0. The zero-order chi connectivity index (χ0) is 17.4. The van der Waals surface area contributed by atoms with Crippen LogP contribution in [-0.4, -0.2) is 6.67 Å². The lowest BCUT2D eigenvalue weighted by atomic mass is 10.1. The number of nitriles is 1. The van der Waals surface area contributed by atoms with Gasteiger partial charge in [-0.05, 0) is 55.3 Å². The zero-order valence-corrected chi connectivity index (χ0v) is 14.4. The van der Waals surface area contributed by atoms with Gasteiger partial charge in [0.1, 0.15) is 6.67 Å². The van der Waals surface area contributed by atoms with Gasteiger partial charge in [-0.25, -0.2) is 0 Å². The fourth-order valence-corrected chi connectivity index (χ4v) is 3.60. The Morgan fingerprint density at radius 3 is 2.12 bits per heavy atom. The maximum atomic E-state index is 9.22. The van der Waals surface area contributed by atoms with Crippen LogP contribution in [0, 0.1) is 25.2 Å². The summed E-state index contributed by atoms with van der Waals surface area (Å²) in [5.74, 6) is 0. The molecule has 0 aromatic heterocycles. The van der Waals surface area contributed by atoms with Crippen LogP contribution in [0.2, 0.25) is 0 Å². The van der Waals surface area contributed by atoms with Gasteiger partial charge in [0.2, 0.25) is 0 Å². The van der Waals surface area contributed by atoms with Crippen molar-refractivity contribution in [2.24, 2.45) is 0 Å². The SMILES string of the molecule is Cc1cccc(C)c1N1CN(c2cccc(C#N)c2)c2ccccc21. The van der Waals surface area contributed by atoms with E-state index in [-0.39, 0.29) is 0 Å². The summed E-state index contributed by atoms with van der Waals surface area (Å²) in [6.45, 7) is 5.05. The Hall–Kier alpha value is -3.25. The van der Waals surface area contributed by atoms with E-state index in [0.29, 0.717) is 5.56 Å². The number of aryl methyl sites for hydroxylation is 2. The van der Waals surface area contributed by atoms with E-state index in [1.54, 1.807) is 0 Å². The van der Waals surface area contributed by atoms with Crippen molar-refractivity contribution in [2.45, 2.75) is 13.8 Å². The first kappa shape index (κ1) is 15.3. The minimum absolute atomic E-state index is 0.681. The molecule has 0 amide bonds. The summed E-state index contributed by atoms with van der Waals surface area (Å²) in [7, 11) is 0. The van der Waals surface area contributed by atoms with Gasteiger partial charge in [-0.3, -0.25) is 0 Å². The van der Waals surface area contributed by atoms with Crippen molar-refractivity contribution < 1.29 is 0 Å². The summed E-state index contributed by atoms with van der Waals surface area (Å²) >= 11 is 0. The minimum atomic E-state index is 0.681. The van der Waals surface area contributed by atoms with Gasteiger partial charge in [0.15, 0.2) is 0 Å². The van der Waals surface area contributed by atoms with E-state index < -0.39 is 0 Å². The average Bonchev–Trinajstić information content (AvgIpc) is 3.01. The molecule has 1 heterocycles. The van der Waals surface area contributed by atoms with Crippen LogP contribution < -0.4 is 9.80 Å². The smallest absolute Gasteiger partial charge is 0.100 e. The summed E-state index contributed by atoms with van der Waals surface area (Å²) in [6.07, 6.45) is 0. The number of fused-ring (bicyclic) bond motifs is 1. The third-order valence-electron chi connectivity index (χ3n) is 4.74. The highest BCUT2D eigenvalue weighted by molar-refractivity contribution is 5.88. The van der Waals surface area contributed by atoms with E-state index >= 15 is 0 Å². The normalized spacial score (nSPS) is 12.8. The molecule has 0 bridgehead atoms. The molecule has 0 unspecified atom stereocenters. The second-order valence-electron chi connectivity index (χ2n) is 6.39. The molecular weight excluding hydrogens is 306 g/mol. The molecule has 25 heavy (non-hydrogen) atoms. The molecule has 4 rings (SSSR count). The largest absolute Gasteiger partial charge is 0.321 e. The van der Waals surface area contributed by atoms with E-state index in [9.17, 15) is 5.26 Å². The highest BCUT2D eigenvalue weighted by atomic mass is 15.4. The number of nitrogens with zero attached hydrogens (tertiary/aromatic N) is 3. The number of rotatable bonds is 2. The quantitative estimate of drug-likeness (QED) is 0.630. The first-order valence-corrected chi connectivity index (χ1v) is 8.39. The van der Waals surface area contributed by atoms with Crippen molar-refractivity contribution in [1.82, 2.24) is 0 Å². The van der Waals surface area contributed by atoms with Crippen molar-refractivity contribution in [2.75, 3.05) is 16.5 Å². The Labute approximate surface area is 148 Å². The Balaban J connectivity index is 1.85. The monoisotopic (exact) mass is 325 g/mol. The van der Waals surface area contributed by atoms with Crippen LogP contribution in [0.4, 0.5) is 22.7 Å². The molecule has 0 spiro atoms. The van der Waals surface area contributed by atoms with E-state index in [2.05, 4.69) is 78.2 Å². The molecule has 3 nitrogen and oxygen atoms in total. The molecule has 0 saturated carbocycles. The molecule has 0 radical (unpaired) electrons. The third-order valence-corrected chi connectivity index (χ3v) is 4.74. The lowest BCUT2D eigenvalue weighted by Gasteiger charge is -2.25. The lowest BCUT2D eigenvalue weighted by molar-refractivity contribution is 0.979. The second-order valence-corrected chi connectivity index (χ2v) is 6.39. The van der Waals surface area contributed by atoms with E-state index in [1.165, 1.54) is 28.2 Å². The summed E-state index contributed by atoms with van der Waals surface area (Å²) in [4.78, 5) is 4.63. The fourth-order valence-electron chi connectivity index (χ4n) is 3.60. The molecule has 0 aliphatic carbocycles. The molecule has 1 aliphatic rings. The molecule has 1 aliphatic heterocycles. The molecule has 3 heteroatoms. The molecule has 0 fully saturated rings. The van der Waals surface area contributed by atoms with Gasteiger partial charge in [-0.2, -0.15) is 5.26 Å². The van der Waals surface area contributed by atoms with Crippen molar-refractivity contribution >= 4 is 22.7 Å². The number of para-hydroxylation sites is 3. The highest BCUT2D eigenvalue weighted by Crippen LogP contribution is 2.45. The molecular formula is C22H19N3. The van der Waals surface area contributed by atoms with E-state index in [4.69, 9.17) is 0 Å². The fraction of sp³-hybridized carbons (Fsp3) is 0.136.